The Balaban J connectivity index is 2.57. The molecule has 0 aliphatic heterocycles. The predicted octanol–water partition coefficient (Wildman–Crippen LogP) is 4.15. The Morgan fingerprint density at radius 2 is 2.11 bits per heavy atom. The lowest BCUT2D eigenvalue weighted by molar-refractivity contribution is 0.360. The topological polar surface area (TPSA) is 24.9 Å². The van der Waals surface area contributed by atoms with Crippen LogP contribution in [0.25, 0.3) is 0 Å². The summed E-state index contributed by atoms with van der Waals surface area (Å²) in [5.41, 5.74) is 3.46. The number of hydrogen-bond donors (Lipinski definition) is 1. The van der Waals surface area contributed by atoms with Crippen molar-refractivity contribution >= 4 is 11.3 Å². The van der Waals surface area contributed by atoms with Gasteiger partial charge in [0.2, 0.25) is 0 Å². The largest absolute Gasteiger partial charge is 0.319 e. The first-order valence-corrected chi connectivity index (χ1v) is 7.94. The van der Waals surface area contributed by atoms with Crippen molar-refractivity contribution in [2.24, 2.45) is 5.92 Å². The van der Waals surface area contributed by atoms with Crippen LogP contribution in [0.1, 0.15) is 57.0 Å². The molecule has 1 atom stereocenters. The van der Waals surface area contributed by atoms with E-state index in [2.05, 4.69) is 45.0 Å². The van der Waals surface area contributed by atoms with Crippen molar-refractivity contribution in [1.82, 2.24) is 10.3 Å². The summed E-state index contributed by atoms with van der Waals surface area (Å²) in [7, 11) is 2.06. The first-order chi connectivity index (χ1) is 8.51. The van der Waals surface area contributed by atoms with Gasteiger partial charge in [-0.05, 0) is 45.7 Å². The third-order valence-corrected chi connectivity index (χ3v) is 5.02. The molecule has 1 rings (SSSR count). The highest BCUT2D eigenvalue weighted by atomic mass is 32.1. The number of aromatic nitrogens is 1. The standard InChI is InChI=1S/C15H28N2S/c1-6-7-13(10-16-5)8-9-15(3,4)14-12(2)17-11-18-14/h11,13,16H,6-10H2,1-5H3/t13-/m1/s1. The summed E-state index contributed by atoms with van der Waals surface area (Å²) in [6.45, 7) is 10.3. The second-order valence-corrected chi connectivity index (χ2v) is 6.76. The summed E-state index contributed by atoms with van der Waals surface area (Å²) >= 11 is 1.81. The number of nitrogens with zero attached hydrogens (tertiary/aromatic N) is 1. The first kappa shape index (κ1) is 15.6. The smallest absolute Gasteiger partial charge is 0.0797 e. The Kier molecular flexibility index (Phi) is 6.30. The summed E-state index contributed by atoms with van der Waals surface area (Å²) < 4.78 is 0. The van der Waals surface area contributed by atoms with Gasteiger partial charge in [-0.2, -0.15) is 0 Å². The fraction of sp³-hybridized carbons (Fsp3) is 0.800. The fourth-order valence-corrected chi connectivity index (χ4v) is 3.64. The maximum atomic E-state index is 4.39. The molecule has 0 saturated heterocycles. The molecule has 0 unspecified atom stereocenters. The van der Waals surface area contributed by atoms with Gasteiger partial charge in [0.05, 0.1) is 11.2 Å². The van der Waals surface area contributed by atoms with Gasteiger partial charge in [0, 0.05) is 10.3 Å². The van der Waals surface area contributed by atoms with E-state index in [4.69, 9.17) is 0 Å². The second-order valence-electron chi connectivity index (χ2n) is 5.90. The maximum Gasteiger partial charge on any atom is 0.0797 e. The third kappa shape index (κ3) is 4.36. The predicted molar refractivity (Wildman–Crippen MR) is 81.4 cm³/mol. The Morgan fingerprint density at radius 1 is 1.39 bits per heavy atom. The molecule has 0 saturated carbocycles. The van der Waals surface area contributed by atoms with Gasteiger partial charge in [-0.1, -0.05) is 27.2 Å². The zero-order chi connectivity index (χ0) is 13.6. The SMILES string of the molecule is CCC[C@H](CCC(C)(C)c1scnc1C)CNC. The number of thiazole rings is 1. The second kappa shape index (κ2) is 7.25. The minimum atomic E-state index is 0.269. The van der Waals surface area contributed by atoms with Crippen molar-refractivity contribution in [2.45, 2.75) is 58.8 Å². The van der Waals surface area contributed by atoms with E-state index in [0.717, 1.165) is 12.5 Å². The molecule has 1 heterocycles. The Morgan fingerprint density at radius 3 is 2.61 bits per heavy atom. The van der Waals surface area contributed by atoms with Crippen LogP contribution in [0.5, 0.6) is 0 Å². The van der Waals surface area contributed by atoms with E-state index < -0.39 is 0 Å². The number of hydrogen-bond acceptors (Lipinski definition) is 3. The average molecular weight is 268 g/mol. The van der Waals surface area contributed by atoms with Crippen LogP contribution in [0.2, 0.25) is 0 Å². The molecule has 0 radical (unpaired) electrons. The first-order valence-electron chi connectivity index (χ1n) is 7.06. The van der Waals surface area contributed by atoms with Crippen molar-refractivity contribution < 1.29 is 0 Å². The molecule has 104 valence electrons. The molecule has 0 aromatic carbocycles. The Labute approximate surface area is 116 Å². The van der Waals surface area contributed by atoms with Crippen LogP contribution in [0.3, 0.4) is 0 Å². The molecule has 0 fully saturated rings. The molecule has 0 amide bonds. The van der Waals surface area contributed by atoms with Gasteiger partial charge in [0.25, 0.3) is 0 Å². The molecule has 0 bridgehead atoms. The van der Waals surface area contributed by atoms with Gasteiger partial charge < -0.3 is 5.32 Å². The normalized spacial score (nSPS) is 13.8. The molecule has 1 N–H and O–H groups in total. The highest BCUT2D eigenvalue weighted by Gasteiger charge is 2.25. The van der Waals surface area contributed by atoms with E-state index in [0.29, 0.717) is 0 Å². The highest BCUT2D eigenvalue weighted by Crippen LogP contribution is 2.35. The summed E-state index contributed by atoms with van der Waals surface area (Å²) in [6, 6.07) is 0. The lowest BCUT2D eigenvalue weighted by atomic mass is 9.82. The summed E-state index contributed by atoms with van der Waals surface area (Å²) in [5, 5.41) is 3.33. The molecule has 18 heavy (non-hydrogen) atoms. The van der Waals surface area contributed by atoms with Crippen LogP contribution < -0.4 is 5.32 Å². The van der Waals surface area contributed by atoms with Gasteiger partial charge in [0.15, 0.2) is 0 Å². The average Bonchev–Trinajstić information content (AvgIpc) is 2.74. The Bertz CT molecular complexity index is 338. The van der Waals surface area contributed by atoms with E-state index in [9.17, 15) is 0 Å². The van der Waals surface area contributed by atoms with Gasteiger partial charge in [0.1, 0.15) is 0 Å². The quantitative estimate of drug-likeness (QED) is 0.766. The maximum absolute atomic E-state index is 4.39. The number of nitrogens with one attached hydrogen (secondary N) is 1. The zero-order valence-corrected chi connectivity index (χ0v) is 13.4. The van der Waals surface area contributed by atoms with Crippen LogP contribution in [0, 0.1) is 12.8 Å². The Hall–Kier alpha value is -0.410. The van der Waals surface area contributed by atoms with Gasteiger partial charge in [-0.15, -0.1) is 11.3 Å². The van der Waals surface area contributed by atoms with E-state index in [1.54, 1.807) is 0 Å². The summed E-state index contributed by atoms with van der Waals surface area (Å²) in [4.78, 5) is 5.85. The molecule has 3 heteroatoms. The van der Waals surface area contributed by atoms with Crippen molar-refractivity contribution in [2.75, 3.05) is 13.6 Å². The number of aryl methyl sites for hydroxylation is 1. The fourth-order valence-electron chi connectivity index (χ4n) is 2.68. The highest BCUT2D eigenvalue weighted by molar-refractivity contribution is 7.09. The van der Waals surface area contributed by atoms with Crippen LogP contribution >= 0.6 is 11.3 Å². The molecular formula is C15H28N2S. The molecule has 0 spiro atoms. The summed E-state index contributed by atoms with van der Waals surface area (Å²) in [5.74, 6) is 0.813. The summed E-state index contributed by atoms with van der Waals surface area (Å²) in [6.07, 6.45) is 5.17. The lowest BCUT2D eigenvalue weighted by Gasteiger charge is -2.26. The lowest BCUT2D eigenvalue weighted by Crippen LogP contribution is -2.23. The van der Waals surface area contributed by atoms with Gasteiger partial charge >= 0.3 is 0 Å². The minimum absolute atomic E-state index is 0.269. The zero-order valence-electron chi connectivity index (χ0n) is 12.5. The van der Waals surface area contributed by atoms with E-state index in [1.807, 2.05) is 16.8 Å². The van der Waals surface area contributed by atoms with Gasteiger partial charge in [-0.25, -0.2) is 4.98 Å². The van der Waals surface area contributed by atoms with Crippen molar-refractivity contribution in [1.29, 1.82) is 0 Å². The third-order valence-electron chi connectivity index (χ3n) is 3.73. The van der Waals surface area contributed by atoms with Crippen LogP contribution in [-0.2, 0) is 5.41 Å². The monoisotopic (exact) mass is 268 g/mol. The van der Waals surface area contributed by atoms with E-state index in [-0.39, 0.29) is 5.41 Å². The molecule has 2 nitrogen and oxygen atoms in total. The van der Waals surface area contributed by atoms with Crippen molar-refractivity contribution in [3.63, 3.8) is 0 Å². The van der Waals surface area contributed by atoms with Crippen LogP contribution in [-0.4, -0.2) is 18.6 Å². The van der Waals surface area contributed by atoms with Crippen molar-refractivity contribution in [3.8, 4) is 0 Å². The van der Waals surface area contributed by atoms with E-state index in [1.165, 1.54) is 36.3 Å². The number of rotatable bonds is 8. The molecule has 0 aliphatic rings. The molecular weight excluding hydrogens is 240 g/mol. The van der Waals surface area contributed by atoms with Crippen molar-refractivity contribution in [3.05, 3.63) is 16.1 Å². The minimum Gasteiger partial charge on any atom is -0.319 e. The van der Waals surface area contributed by atoms with E-state index >= 15 is 0 Å². The molecule has 0 aliphatic carbocycles. The molecule has 1 aromatic rings. The van der Waals surface area contributed by atoms with Gasteiger partial charge in [-0.3, -0.25) is 0 Å². The van der Waals surface area contributed by atoms with Crippen LogP contribution in [0.4, 0.5) is 0 Å². The van der Waals surface area contributed by atoms with Crippen LogP contribution in [0.15, 0.2) is 5.51 Å². The molecule has 1 aromatic heterocycles.